The summed E-state index contributed by atoms with van der Waals surface area (Å²) in [5.74, 6) is -1.30. The molecule has 21 heavy (non-hydrogen) atoms. The van der Waals surface area contributed by atoms with Crippen molar-refractivity contribution in [3.63, 3.8) is 0 Å². The Kier molecular flexibility index (Phi) is 5.69. The molecule has 1 aromatic rings. The van der Waals surface area contributed by atoms with E-state index >= 15 is 0 Å². The van der Waals surface area contributed by atoms with Gasteiger partial charge in [-0.3, -0.25) is 4.79 Å². The molecule has 0 amide bonds. The van der Waals surface area contributed by atoms with Gasteiger partial charge >= 0.3 is 11.9 Å². The smallest absolute Gasteiger partial charge is 0.355 e. The molecule has 6 nitrogen and oxygen atoms in total. The number of carbonyl (C=O) groups is 2. The van der Waals surface area contributed by atoms with Crippen LogP contribution >= 0.6 is 11.3 Å². The van der Waals surface area contributed by atoms with Crippen LogP contribution < -0.4 is 5.73 Å². The lowest BCUT2D eigenvalue weighted by Crippen LogP contribution is -2.22. The number of nitrogens with zero attached hydrogens (tertiary/aromatic N) is 1. The van der Waals surface area contributed by atoms with Crippen molar-refractivity contribution in [1.82, 2.24) is 4.98 Å². The summed E-state index contributed by atoms with van der Waals surface area (Å²) >= 11 is 1.20. The lowest BCUT2D eigenvalue weighted by atomic mass is 9.98. The number of aromatic nitrogens is 1. The van der Waals surface area contributed by atoms with E-state index in [0.717, 1.165) is 25.7 Å². The first-order valence-electron chi connectivity index (χ1n) is 7.20. The molecule has 1 heterocycles. The van der Waals surface area contributed by atoms with Gasteiger partial charge in [0.1, 0.15) is 11.1 Å². The highest BCUT2D eigenvalue weighted by molar-refractivity contribution is 7.09. The van der Waals surface area contributed by atoms with Gasteiger partial charge in [-0.15, -0.1) is 11.3 Å². The van der Waals surface area contributed by atoms with Crippen molar-refractivity contribution < 1.29 is 19.4 Å². The van der Waals surface area contributed by atoms with Crippen LogP contribution in [0.3, 0.4) is 0 Å². The quantitative estimate of drug-likeness (QED) is 0.782. The van der Waals surface area contributed by atoms with Gasteiger partial charge in [-0.05, 0) is 32.1 Å². The minimum atomic E-state index is -1.07. The summed E-state index contributed by atoms with van der Waals surface area (Å²) in [5, 5.41) is 10.8. The van der Waals surface area contributed by atoms with Gasteiger partial charge in [0, 0.05) is 11.8 Å². The molecule has 0 spiro atoms. The molecule has 116 valence electrons. The number of hydrogen-bond donors (Lipinski definition) is 2. The van der Waals surface area contributed by atoms with E-state index in [1.54, 1.807) is 0 Å². The van der Waals surface area contributed by atoms with E-state index in [9.17, 15) is 9.59 Å². The second kappa shape index (κ2) is 7.51. The maximum absolute atomic E-state index is 11.8. The first-order chi connectivity index (χ1) is 10.1. The molecule has 0 aliphatic heterocycles. The number of thiazole rings is 1. The summed E-state index contributed by atoms with van der Waals surface area (Å²) in [4.78, 5) is 26.5. The van der Waals surface area contributed by atoms with E-state index in [4.69, 9.17) is 15.6 Å². The molecule has 0 aromatic carbocycles. The molecule has 1 fully saturated rings. The van der Waals surface area contributed by atoms with E-state index in [2.05, 4.69) is 4.98 Å². The summed E-state index contributed by atoms with van der Waals surface area (Å²) < 4.78 is 5.42. The predicted molar refractivity (Wildman–Crippen MR) is 78.2 cm³/mol. The molecule has 3 N–H and O–H groups in total. The second-order valence-electron chi connectivity index (χ2n) is 5.27. The Morgan fingerprint density at radius 1 is 1.43 bits per heavy atom. The SMILES string of the molecule is N[C@@H](CCC(=O)OC1CCCCC1)c1nc(C(=O)O)cs1. The lowest BCUT2D eigenvalue weighted by molar-refractivity contribution is -0.150. The molecule has 1 saturated carbocycles. The molecule has 0 saturated heterocycles. The molecule has 2 rings (SSSR count). The monoisotopic (exact) mass is 312 g/mol. The van der Waals surface area contributed by atoms with Crippen molar-refractivity contribution in [3.8, 4) is 0 Å². The van der Waals surface area contributed by atoms with E-state index in [1.165, 1.54) is 23.1 Å². The standard InChI is InChI=1S/C14H20N2O4S/c15-10(13-16-11(8-21-13)14(18)19)6-7-12(17)20-9-4-2-1-3-5-9/h8-10H,1-7,15H2,(H,18,19)/t10-/m0/s1. The zero-order valence-electron chi connectivity index (χ0n) is 11.8. The number of hydrogen-bond acceptors (Lipinski definition) is 6. The molecular formula is C14H20N2O4S. The van der Waals surface area contributed by atoms with E-state index < -0.39 is 12.0 Å². The van der Waals surface area contributed by atoms with Crippen LogP contribution in [0.5, 0.6) is 0 Å². The van der Waals surface area contributed by atoms with Crippen molar-refractivity contribution in [2.75, 3.05) is 0 Å². The highest BCUT2D eigenvalue weighted by Crippen LogP contribution is 2.23. The van der Waals surface area contributed by atoms with Crippen molar-refractivity contribution in [2.24, 2.45) is 5.73 Å². The molecular weight excluding hydrogens is 292 g/mol. The van der Waals surface area contributed by atoms with Gasteiger partial charge in [0.05, 0.1) is 6.04 Å². The lowest BCUT2D eigenvalue weighted by Gasteiger charge is -2.22. The molecule has 1 aliphatic carbocycles. The van der Waals surface area contributed by atoms with Crippen molar-refractivity contribution in [1.29, 1.82) is 0 Å². The summed E-state index contributed by atoms with van der Waals surface area (Å²) in [6, 6.07) is -0.429. The predicted octanol–water partition coefficient (Wildman–Crippen LogP) is 2.50. The average Bonchev–Trinajstić information content (AvgIpc) is 2.96. The van der Waals surface area contributed by atoms with Gasteiger partial charge in [-0.2, -0.15) is 0 Å². The van der Waals surface area contributed by atoms with Gasteiger partial charge in [-0.25, -0.2) is 9.78 Å². The summed E-state index contributed by atoms with van der Waals surface area (Å²) in [6.45, 7) is 0. The Bertz CT molecular complexity index is 497. The Hall–Kier alpha value is -1.47. The topological polar surface area (TPSA) is 103 Å². The van der Waals surface area contributed by atoms with Gasteiger partial charge < -0.3 is 15.6 Å². The fourth-order valence-corrected chi connectivity index (χ4v) is 3.21. The number of carboxylic acids is 1. The second-order valence-corrected chi connectivity index (χ2v) is 6.16. The number of ether oxygens (including phenoxy) is 1. The third kappa shape index (κ3) is 4.78. The van der Waals surface area contributed by atoms with Crippen LogP contribution in [0.4, 0.5) is 0 Å². The molecule has 0 bridgehead atoms. The highest BCUT2D eigenvalue weighted by Gasteiger charge is 2.19. The minimum absolute atomic E-state index is 0.00441. The Morgan fingerprint density at radius 3 is 2.76 bits per heavy atom. The molecule has 0 radical (unpaired) electrons. The van der Waals surface area contributed by atoms with E-state index in [1.807, 2.05) is 0 Å². The fourth-order valence-electron chi connectivity index (χ4n) is 2.38. The Balaban J connectivity index is 1.75. The summed E-state index contributed by atoms with van der Waals surface area (Å²) in [5.41, 5.74) is 5.93. The zero-order chi connectivity index (χ0) is 15.2. The minimum Gasteiger partial charge on any atom is -0.476 e. The van der Waals surface area contributed by atoms with Gasteiger partial charge in [-0.1, -0.05) is 6.42 Å². The van der Waals surface area contributed by atoms with Gasteiger partial charge in [0.15, 0.2) is 5.69 Å². The Labute approximate surface area is 127 Å². The number of carbonyl (C=O) groups excluding carboxylic acids is 1. The molecule has 7 heteroatoms. The first kappa shape index (κ1) is 15.9. The molecule has 1 aromatic heterocycles. The van der Waals surface area contributed by atoms with Crippen molar-refractivity contribution in [2.45, 2.75) is 57.1 Å². The maximum atomic E-state index is 11.8. The molecule has 1 aliphatic rings. The number of carboxylic acid groups (broad SMARTS) is 1. The third-order valence-electron chi connectivity index (χ3n) is 3.57. The third-order valence-corrected chi connectivity index (χ3v) is 4.54. The van der Waals surface area contributed by atoms with Crippen LogP contribution in [0.15, 0.2) is 5.38 Å². The van der Waals surface area contributed by atoms with Gasteiger partial charge in [0.2, 0.25) is 0 Å². The summed E-state index contributed by atoms with van der Waals surface area (Å²) in [7, 11) is 0. The van der Waals surface area contributed by atoms with Crippen LogP contribution in [0.2, 0.25) is 0 Å². The van der Waals surface area contributed by atoms with Gasteiger partial charge in [0.25, 0.3) is 0 Å². The van der Waals surface area contributed by atoms with Crippen LogP contribution in [-0.4, -0.2) is 28.1 Å². The number of esters is 1. The molecule has 0 unspecified atom stereocenters. The Morgan fingerprint density at radius 2 is 2.14 bits per heavy atom. The highest BCUT2D eigenvalue weighted by atomic mass is 32.1. The fraction of sp³-hybridized carbons (Fsp3) is 0.643. The van der Waals surface area contributed by atoms with Crippen LogP contribution in [0.25, 0.3) is 0 Å². The number of aromatic carboxylic acids is 1. The van der Waals surface area contributed by atoms with Crippen molar-refractivity contribution in [3.05, 3.63) is 16.1 Å². The average molecular weight is 312 g/mol. The van der Waals surface area contributed by atoms with E-state index in [-0.39, 0.29) is 24.2 Å². The van der Waals surface area contributed by atoms with Crippen LogP contribution in [0.1, 0.15) is 66.5 Å². The van der Waals surface area contributed by atoms with E-state index in [0.29, 0.717) is 11.4 Å². The number of nitrogens with two attached hydrogens (primary N) is 1. The number of rotatable bonds is 6. The normalized spacial score (nSPS) is 17.4. The summed E-state index contributed by atoms with van der Waals surface area (Å²) in [6.07, 6.45) is 6.06. The van der Waals surface area contributed by atoms with Crippen LogP contribution in [0, 0.1) is 0 Å². The first-order valence-corrected chi connectivity index (χ1v) is 8.08. The maximum Gasteiger partial charge on any atom is 0.355 e. The zero-order valence-corrected chi connectivity index (χ0v) is 12.6. The van der Waals surface area contributed by atoms with Crippen LogP contribution in [-0.2, 0) is 9.53 Å². The largest absolute Gasteiger partial charge is 0.476 e. The van der Waals surface area contributed by atoms with Crippen molar-refractivity contribution >= 4 is 23.3 Å². The molecule has 1 atom stereocenters.